The van der Waals surface area contributed by atoms with Crippen LogP contribution in [0.4, 0.5) is 5.69 Å². The number of carboxylic acid groups (broad SMARTS) is 1. The lowest BCUT2D eigenvalue weighted by molar-refractivity contribution is -0.122. The Labute approximate surface area is 240 Å². The number of benzene rings is 1. The van der Waals surface area contributed by atoms with E-state index >= 15 is 0 Å². The van der Waals surface area contributed by atoms with Crippen LogP contribution in [0, 0.1) is 13.8 Å². The minimum atomic E-state index is -1.15. The molecular weight excluding hydrogens is 550 g/mol. The van der Waals surface area contributed by atoms with Crippen LogP contribution in [0.5, 0.6) is 0 Å². The molecule has 3 heterocycles. The average Bonchev–Trinajstić information content (AvgIpc) is 3.42. The fourth-order valence-electron chi connectivity index (χ4n) is 5.19. The Kier molecular flexibility index (Phi) is 7.43. The van der Waals surface area contributed by atoms with Gasteiger partial charge < -0.3 is 14.4 Å². The quantitative estimate of drug-likeness (QED) is 0.188. The molecule has 0 unspecified atom stereocenters. The number of hydrogen-bond donors (Lipinski definition) is 2. The Balaban J connectivity index is 1.58. The van der Waals surface area contributed by atoms with E-state index in [1.54, 1.807) is 24.3 Å². The van der Waals surface area contributed by atoms with E-state index in [9.17, 15) is 24.3 Å². The number of carbonyl (C=O) groups is 4. The molecule has 1 saturated heterocycles. The first kappa shape index (κ1) is 27.5. The second-order valence-corrected chi connectivity index (χ2v) is 11.1. The fourth-order valence-corrected chi connectivity index (χ4v) is 6.96. The third-order valence-corrected chi connectivity index (χ3v) is 8.62. The Morgan fingerprint density at radius 1 is 1.18 bits per heavy atom. The minimum absolute atomic E-state index is 0.0184. The number of nitrogens with one attached hydrogen (secondary N) is 1. The minimum Gasteiger partial charge on any atom is -0.478 e. The van der Waals surface area contributed by atoms with Crippen LogP contribution in [-0.2, 0) is 27.2 Å². The molecule has 2 N–H and O–H groups in total. The number of carbonyl (C=O) groups excluding carboxylic acids is 3. The molecule has 2 amide bonds. The molecule has 40 heavy (non-hydrogen) atoms. The van der Waals surface area contributed by atoms with E-state index in [0.29, 0.717) is 11.1 Å². The highest BCUT2D eigenvalue weighted by Crippen LogP contribution is 2.39. The number of anilines is 1. The van der Waals surface area contributed by atoms with Gasteiger partial charge in [-0.3, -0.25) is 19.8 Å². The summed E-state index contributed by atoms with van der Waals surface area (Å²) in [6.07, 6.45) is 5.33. The standard InChI is InChI=1S/C29H27N3O6S2/c1-4-38-28(37)23-20-10-5-6-11-22(20)40-26(23)31-15(2)12-18(16(31)3)14-21-24(33)30-29(39)32(25(21)34)19-9-7-8-17(13-19)27(35)36/h7-9,12-14H,4-6,10-11H2,1-3H3,(H,35,36)(H,30,33,39)/b21-14+. The van der Waals surface area contributed by atoms with Gasteiger partial charge >= 0.3 is 11.9 Å². The summed E-state index contributed by atoms with van der Waals surface area (Å²) in [5.74, 6) is -2.81. The van der Waals surface area contributed by atoms with E-state index in [1.165, 1.54) is 29.2 Å². The monoisotopic (exact) mass is 577 g/mol. The normalized spacial score (nSPS) is 16.2. The number of aromatic nitrogens is 1. The maximum absolute atomic E-state index is 13.5. The van der Waals surface area contributed by atoms with Crippen molar-refractivity contribution < 1.29 is 29.0 Å². The number of aromatic carboxylic acids is 1. The summed E-state index contributed by atoms with van der Waals surface area (Å²) in [6, 6.07) is 7.64. The van der Waals surface area contributed by atoms with Crippen LogP contribution in [-0.4, -0.2) is 45.1 Å². The Bertz CT molecular complexity index is 1630. The number of amides is 2. The van der Waals surface area contributed by atoms with Crippen LogP contribution in [0.1, 0.15) is 67.9 Å². The van der Waals surface area contributed by atoms with Crippen molar-refractivity contribution in [2.75, 3.05) is 11.5 Å². The predicted molar refractivity (Wildman–Crippen MR) is 155 cm³/mol. The van der Waals surface area contributed by atoms with Crippen molar-refractivity contribution in [3.05, 3.63) is 74.4 Å². The van der Waals surface area contributed by atoms with Crippen molar-refractivity contribution in [2.24, 2.45) is 0 Å². The molecule has 206 valence electrons. The Morgan fingerprint density at radius 2 is 1.93 bits per heavy atom. The molecule has 0 atom stereocenters. The van der Waals surface area contributed by atoms with Crippen molar-refractivity contribution in [2.45, 2.75) is 46.5 Å². The summed E-state index contributed by atoms with van der Waals surface area (Å²) in [6.45, 7) is 5.84. The molecule has 2 aliphatic rings. The van der Waals surface area contributed by atoms with Crippen LogP contribution in [0.3, 0.4) is 0 Å². The maximum atomic E-state index is 13.5. The number of hydrogen-bond acceptors (Lipinski definition) is 7. The molecular formula is C29H27N3O6S2. The average molecular weight is 578 g/mol. The van der Waals surface area contributed by atoms with Crippen LogP contribution in [0.15, 0.2) is 35.9 Å². The number of carboxylic acids is 1. The summed E-state index contributed by atoms with van der Waals surface area (Å²) < 4.78 is 7.41. The largest absolute Gasteiger partial charge is 0.478 e. The number of thiophene rings is 1. The predicted octanol–water partition coefficient (Wildman–Crippen LogP) is 4.74. The topological polar surface area (TPSA) is 118 Å². The van der Waals surface area contributed by atoms with Crippen molar-refractivity contribution in [3.63, 3.8) is 0 Å². The number of rotatable bonds is 6. The van der Waals surface area contributed by atoms with Gasteiger partial charge in [0, 0.05) is 16.3 Å². The zero-order valence-corrected chi connectivity index (χ0v) is 23.8. The van der Waals surface area contributed by atoms with E-state index in [0.717, 1.165) is 52.5 Å². The smallest absolute Gasteiger partial charge is 0.341 e. The Hall–Kier alpha value is -4.09. The molecule has 0 spiro atoms. The first-order chi connectivity index (χ1) is 19.1. The van der Waals surface area contributed by atoms with Gasteiger partial charge in [-0.2, -0.15) is 0 Å². The van der Waals surface area contributed by atoms with Gasteiger partial charge in [0.2, 0.25) is 0 Å². The van der Waals surface area contributed by atoms with Crippen LogP contribution in [0.2, 0.25) is 0 Å². The molecule has 0 saturated carbocycles. The highest BCUT2D eigenvalue weighted by atomic mass is 32.1. The first-order valence-corrected chi connectivity index (χ1v) is 14.1. The second-order valence-electron chi connectivity index (χ2n) is 9.59. The number of nitrogens with zero attached hydrogens (tertiary/aromatic N) is 2. The third-order valence-electron chi connectivity index (χ3n) is 7.06. The molecule has 11 heteroatoms. The van der Waals surface area contributed by atoms with Crippen molar-refractivity contribution >= 4 is 64.2 Å². The van der Waals surface area contributed by atoms with Gasteiger partial charge in [-0.25, -0.2) is 9.59 Å². The van der Waals surface area contributed by atoms with Crippen molar-refractivity contribution in [1.29, 1.82) is 0 Å². The van der Waals surface area contributed by atoms with Crippen LogP contribution >= 0.6 is 23.6 Å². The van der Waals surface area contributed by atoms with Crippen molar-refractivity contribution in [1.82, 2.24) is 9.88 Å². The summed E-state index contributed by atoms with van der Waals surface area (Å²) in [5.41, 5.74) is 3.91. The van der Waals surface area contributed by atoms with Gasteiger partial charge in [-0.15, -0.1) is 11.3 Å². The maximum Gasteiger partial charge on any atom is 0.341 e. The molecule has 1 fully saturated rings. The lowest BCUT2D eigenvalue weighted by Crippen LogP contribution is -2.54. The number of esters is 1. The van der Waals surface area contributed by atoms with Gasteiger partial charge in [0.15, 0.2) is 5.11 Å². The lowest BCUT2D eigenvalue weighted by atomic mass is 9.95. The van der Waals surface area contributed by atoms with Crippen molar-refractivity contribution in [3.8, 4) is 5.00 Å². The van der Waals surface area contributed by atoms with Crippen LogP contribution < -0.4 is 10.2 Å². The third kappa shape index (κ3) is 4.75. The SMILES string of the molecule is CCOC(=O)c1c(-n2c(C)cc(/C=C3\C(=O)NC(=S)N(c4cccc(C(=O)O)c4)C3=O)c2C)sc2c1CCCC2. The van der Waals surface area contributed by atoms with E-state index in [-0.39, 0.29) is 34.5 Å². The summed E-state index contributed by atoms with van der Waals surface area (Å²) in [4.78, 5) is 53.3. The van der Waals surface area contributed by atoms with Gasteiger partial charge in [-0.1, -0.05) is 6.07 Å². The molecule has 2 aromatic heterocycles. The molecule has 9 nitrogen and oxygen atoms in total. The second kappa shape index (κ2) is 10.8. The zero-order chi connectivity index (χ0) is 28.7. The first-order valence-electron chi connectivity index (χ1n) is 12.9. The van der Waals surface area contributed by atoms with E-state index < -0.39 is 17.8 Å². The highest BCUT2D eigenvalue weighted by molar-refractivity contribution is 7.80. The summed E-state index contributed by atoms with van der Waals surface area (Å²) in [5, 5.41) is 12.5. The number of thiocarbonyl (C=S) groups is 1. The highest BCUT2D eigenvalue weighted by Gasteiger charge is 2.35. The molecule has 1 aliphatic carbocycles. The summed E-state index contributed by atoms with van der Waals surface area (Å²) >= 11 is 6.84. The van der Waals surface area contributed by atoms with E-state index in [2.05, 4.69) is 5.32 Å². The number of aryl methyl sites for hydroxylation is 2. The lowest BCUT2D eigenvalue weighted by Gasteiger charge is -2.29. The van der Waals surface area contributed by atoms with Gasteiger partial charge in [0.25, 0.3) is 11.8 Å². The van der Waals surface area contributed by atoms with Gasteiger partial charge in [-0.05, 0) is 100 Å². The summed E-state index contributed by atoms with van der Waals surface area (Å²) in [7, 11) is 0. The molecule has 0 radical (unpaired) electrons. The molecule has 5 rings (SSSR count). The van der Waals surface area contributed by atoms with Gasteiger partial charge in [0.05, 0.1) is 23.4 Å². The molecule has 1 aromatic carbocycles. The molecule has 1 aliphatic heterocycles. The van der Waals surface area contributed by atoms with Crippen LogP contribution in [0.25, 0.3) is 11.1 Å². The zero-order valence-electron chi connectivity index (χ0n) is 22.2. The number of ether oxygens (including phenoxy) is 1. The molecule has 3 aromatic rings. The molecule has 0 bridgehead atoms. The van der Waals surface area contributed by atoms with Gasteiger partial charge in [0.1, 0.15) is 10.6 Å². The van der Waals surface area contributed by atoms with E-state index in [4.69, 9.17) is 17.0 Å². The fraction of sp³-hybridized carbons (Fsp3) is 0.276. The van der Waals surface area contributed by atoms with E-state index in [1.807, 2.05) is 24.5 Å². The Morgan fingerprint density at radius 3 is 2.65 bits per heavy atom. The number of fused-ring (bicyclic) bond motifs is 1.